The summed E-state index contributed by atoms with van der Waals surface area (Å²) in [6.45, 7) is 1.54. The van der Waals surface area contributed by atoms with Gasteiger partial charge in [0.15, 0.2) is 0 Å². The Bertz CT molecular complexity index is 924. The molecule has 8 nitrogen and oxygen atoms in total. The van der Waals surface area contributed by atoms with Crippen molar-refractivity contribution < 1.29 is 27.5 Å². The predicted octanol–water partition coefficient (Wildman–Crippen LogP) is 2.13. The number of nitrogens with zero attached hydrogens (tertiary/aromatic N) is 1. The minimum absolute atomic E-state index is 0.0275. The van der Waals surface area contributed by atoms with Gasteiger partial charge in [-0.1, -0.05) is 0 Å². The van der Waals surface area contributed by atoms with Gasteiger partial charge in [-0.25, -0.2) is 13.2 Å². The van der Waals surface area contributed by atoms with E-state index >= 15 is 0 Å². The number of carbonyl (C=O) groups is 2. The Balaban J connectivity index is 2.03. The average molecular weight is 406 g/mol. The molecule has 0 saturated heterocycles. The molecule has 0 atom stereocenters. The number of sulfonamides is 1. The minimum Gasteiger partial charge on any atom is -0.497 e. The molecule has 0 aliphatic rings. The van der Waals surface area contributed by atoms with Crippen LogP contribution >= 0.6 is 0 Å². The molecule has 150 valence electrons. The SMILES string of the molecule is CCOC(=O)c1ccc(S(=O)(=O)N(C)CC(=O)Nc2ccc(OC)cc2)cc1. The van der Waals surface area contributed by atoms with Crippen molar-refractivity contribution in [1.29, 1.82) is 0 Å². The zero-order valence-electron chi connectivity index (χ0n) is 15.8. The molecule has 2 aromatic carbocycles. The Labute approximate surface area is 164 Å². The molecule has 0 spiro atoms. The first kappa shape index (κ1) is 21.4. The van der Waals surface area contributed by atoms with Gasteiger partial charge in [-0.2, -0.15) is 4.31 Å². The second-order valence-corrected chi connectivity index (χ2v) is 7.83. The molecule has 0 aliphatic carbocycles. The molecule has 0 fully saturated rings. The number of methoxy groups -OCH3 is 1. The molecule has 0 heterocycles. The third kappa shape index (κ3) is 5.30. The van der Waals surface area contributed by atoms with E-state index in [1.165, 1.54) is 38.4 Å². The lowest BCUT2D eigenvalue weighted by atomic mass is 10.2. The van der Waals surface area contributed by atoms with Crippen LogP contribution in [0, 0.1) is 0 Å². The van der Waals surface area contributed by atoms with Crippen LogP contribution in [0.5, 0.6) is 5.75 Å². The van der Waals surface area contributed by atoms with Gasteiger partial charge >= 0.3 is 5.97 Å². The van der Waals surface area contributed by atoms with Crippen LogP contribution < -0.4 is 10.1 Å². The maximum atomic E-state index is 12.6. The molecular formula is C19H22N2O6S. The second-order valence-electron chi connectivity index (χ2n) is 5.78. The second kappa shape index (κ2) is 9.34. The third-order valence-corrected chi connectivity index (χ3v) is 5.63. The summed E-state index contributed by atoms with van der Waals surface area (Å²) in [6, 6.07) is 12.0. The molecule has 0 aromatic heterocycles. The lowest BCUT2D eigenvalue weighted by Gasteiger charge is -2.17. The smallest absolute Gasteiger partial charge is 0.338 e. The molecule has 0 aliphatic heterocycles. The zero-order chi connectivity index (χ0) is 20.7. The number of rotatable bonds is 8. The predicted molar refractivity (Wildman–Crippen MR) is 104 cm³/mol. The summed E-state index contributed by atoms with van der Waals surface area (Å²) < 4.78 is 36.1. The monoisotopic (exact) mass is 406 g/mol. The van der Waals surface area contributed by atoms with E-state index in [1.54, 1.807) is 31.2 Å². The first-order valence-electron chi connectivity index (χ1n) is 8.45. The quantitative estimate of drug-likeness (QED) is 0.674. The van der Waals surface area contributed by atoms with Crippen LogP contribution in [0.25, 0.3) is 0 Å². The fraction of sp³-hybridized carbons (Fsp3) is 0.263. The molecule has 0 saturated carbocycles. The summed E-state index contributed by atoms with van der Waals surface area (Å²) in [5.74, 6) is -0.373. The Morgan fingerprint density at radius 3 is 2.18 bits per heavy atom. The number of esters is 1. The highest BCUT2D eigenvalue weighted by Gasteiger charge is 2.23. The first-order valence-corrected chi connectivity index (χ1v) is 9.89. The number of nitrogens with one attached hydrogen (secondary N) is 1. The number of carbonyl (C=O) groups excluding carboxylic acids is 2. The summed E-state index contributed by atoms with van der Waals surface area (Å²) in [7, 11) is -1.05. The Kier molecular flexibility index (Phi) is 7.13. The van der Waals surface area contributed by atoms with Crippen molar-refractivity contribution >= 4 is 27.6 Å². The van der Waals surface area contributed by atoms with Crippen LogP contribution in [-0.4, -0.2) is 51.9 Å². The fourth-order valence-corrected chi connectivity index (χ4v) is 3.45. The van der Waals surface area contributed by atoms with Crippen molar-refractivity contribution in [3.05, 3.63) is 54.1 Å². The summed E-state index contributed by atoms with van der Waals surface area (Å²) in [4.78, 5) is 23.8. The Hall–Kier alpha value is -2.91. The van der Waals surface area contributed by atoms with Crippen molar-refractivity contribution in [2.24, 2.45) is 0 Å². The number of hydrogen-bond acceptors (Lipinski definition) is 6. The lowest BCUT2D eigenvalue weighted by molar-refractivity contribution is -0.116. The van der Waals surface area contributed by atoms with E-state index in [0.29, 0.717) is 11.4 Å². The van der Waals surface area contributed by atoms with Crippen LogP contribution in [0.4, 0.5) is 5.69 Å². The van der Waals surface area contributed by atoms with E-state index in [0.717, 1.165) is 4.31 Å². The molecule has 2 aromatic rings. The molecule has 0 unspecified atom stereocenters. The van der Waals surface area contributed by atoms with E-state index in [2.05, 4.69) is 5.32 Å². The third-order valence-electron chi connectivity index (χ3n) is 3.81. The summed E-state index contributed by atoms with van der Waals surface area (Å²) >= 11 is 0. The molecule has 0 bridgehead atoms. The number of benzene rings is 2. The molecule has 1 amide bonds. The summed E-state index contributed by atoms with van der Waals surface area (Å²) in [5, 5.41) is 2.62. The van der Waals surface area contributed by atoms with Gasteiger partial charge in [-0.05, 0) is 55.5 Å². The standard InChI is InChI=1S/C19H22N2O6S/c1-4-27-19(23)14-5-11-17(12-6-14)28(24,25)21(2)13-18(22)20-15-7-9-16(26-3)10-8-15/h5-12H,4,13H2,1-3H3,(H,20,22). The van der Waals surface area contributed by atoms with E-state index in [4.69, 9.17) is 9.47 Å². The maximum absolute atomic E-state index is 12.6. The normalized spacial score (nSPS) is 11.1. The molecular weight excluding hydrogens is 384 g/mol. The van der Waals surface area contributed by atoms with E-state index in [9.17, 15) is 18.0 Å². The summed E-state index contributed by atoms with van der Waals surface area (Å²) in [6.07, 6.45) is 0. The van der Waals surface area contributed by atoms with Crippen LogP contribution in [0.1, 0.15) is 17.3 Å². The van der Waals surface area contributed by atoms with Gasteiger partial charge in [0.1, 0.15) is 5.75 Å². The lowest BCUT2D eigenvalue weighted by Crippen LogP contribution is -2.35. The highest BCUT2D eigenvalue weighted by Crippen LogP contribution is 2.17. The molecule has 28 heavy (non-hydrogen) atoms. The van der Waals surface area contributed by atoms with Crippen molar-refractivity contribution in [3.8, 4) is 5.75 Å². The fourth-order valence-electron chi connectivity index (χ4n) is 2.32. The van der Waals surface area contributed by atoms with Crippen molar-refractivity contribution in [2.45, 2.75) is 11.8 Å². The zero-order valence-corrected chi connectivity index (χ0v) is 16.7. The number of amides is 1. The van der Waals surface area contributed by atoms with Gasteiger partial charge in [0.25, 0.3) is 0 Å². The number of likely N-dealkylation sites (N-methyl/N-ethyl adjacent to an activating group) is 1. The number of anilines is 1. The van der Waals surface area contributed by atoms with Gasteiger partial charge < -0.3 is 14.8 Å². The van der Waals surface area contributed by atoms with E-state index in [-0.39, 0.29) is 23.6 Å². The molecule has 9 heteroatoms. The highest BCUT2D eigenvalue weighted by atomic mass is 32.2. The largest absolute Gasteiger partial charge is 0.497 e. The highest BCUT2D eigenvalue weighted by molar-refractivity contribution is 7.89. The van der Waals surface area contributed by atoms with Crippen LogP contribution in [0.15, 0.2) is 53.4 Å². The van der Waals surface area contributed by atoms with Crippen LogP contribution in [0.2, 0.25) is 0 Å². The summed E-state index contributed by atoms with van der Waals surface area (Å²) in [5.41, 5.74) is 0.774. The average Bonchev–Trinajstić information content (AvgIpc) is 2.68. The van der Waals surface area contributed by atoms with E-state index in [1.807, 2.05) is 0 Å². The number of hydrogen-bond donors (Lipinski definition) is 1. The van der Waals surface area contributed by atoms with Gasteiger partial charge in [-0.3, -0.25) is 4.79 Å². The molecule has 2 rings (SSSR count). The van der Waals surface area contributed by atoms with Crippen molar-refractivity contribution in [2.75, 3.05) is 32.6 Å². The Morgan fingerprint density at radius 1 is 1.04 bits per heavy atom. The van der Waals surface area contributed by atoms with Gasteiger partial charge in [0, 0.05) is 12.7 Å². The van der Waals surface area contributed by atoms with E-state index < -0.39 is 21.9 Å². The van der Waals surface area contributed by atoms with Crippen molar-refractivity contribution in [3.63, 3.8) is 0 Å². The van der Waals surface area contributed by atoms with Gasteiger partial charge in [-0.15, -0.1) is 0 Å². The number of ether oxygens (including phenoxy) is 2. The maximum Gasteiger partial charge on any atom is 0.338 e. The topological polar surface area (TPSA) is 102 Å². The van der Waals surface area contributed by atoms with Crippen molar-refractivity contribution in [1.82, 2.24) is 4.31 Å². The molecule has 1 N–H and O–H groups in total. The first-order chi connectivity index (χ1) is 13.3. The molecule has 0 radical (unpaired) electrons. The minimum atomic E-state index is -3.89. The van der Waals surface area contributed by atoms with Gasteiger partial charge in [0.2, 0.25) is 15.9 Å². The van der Waals surface area contributed by atoms with Crippen LogP contribution in [-0.2, 0) is 19.6 Å². The van der Waals surface area contributed by atoms with Crippen LogP contribution in [0.3, 0.4) is 0 Å². The Morgan fingerprint density at radius 2 is 1.64 bits per heavy atom. The van der Waals surface area contributed by atoms with Gasteiger partial charge in [0.05, 0.1) is 30.7 Å².